The van der Waals surface area contributed by atoms with Crippen LogP contribution in [0.1, 0.15) is 52.9 Å². The van der Waals surface area contributed by atoms with Gasteiger partial charge in [-0.1, -0.05) is 19.8 Å². The first kappa shape index (κ1) is 13.5. The van der Waals surface area contributed by atoms with Crippen LogP contribution >= 0.6 is 0 Å². The van der Waals surface area contributed by atoms with Gasteiger partial charge in [-0.25, -0.2) is 0 Å². The molecule has 4 heteroatoms. The Kier molecular flexibility index (Phi) is 4.05. The highest BCUT2D eigenvalue weighted by Gasteiger charge is 2.41. The molecule has 3 atom stereocenters. The van der Waals surface area contributed by atoms with Crippen LogP contribution in [0.2, 0.25) is 0 Å². The second kappa shape index (κ2) is 5.39. The molecule has 2 aliphatic rings. The third-order valence-electron chi connectivity index (χ3n) is 4.08. The van der Waals surface area contributed by atoms with Gasteiger partial charge in [0.15, 0.2) is 0 Å². The predicted octanol–water partition coefficient (Wildman–Crippen LogP) is 1.69. The Balaban J connectivity index is 1.90. The summed E-state index contributed by atoms with van der Waals surface area (Å²) in [4.78, 5) is 25.5. The molecule has 2 rings (SSSR count). The molecular formula is C14H24N2O2. The fraction of sp³-hybridized carbons (Fsp3) is 0.857. The predicted molar refractivity (Wildman–Crippen MR) is 69.9 cm³/mol. The lowest BCUT2D eigenvalue weighted by molar-refractivity contribution is -0.141. The molecule has 0 radical (unpaired) electrons. The maximum absolute atomic E-state index is 12.2. The van der Waals surface area contributed by atoms with Gasteiger partial charge in [0, 0.05) is 12.1 Å². The van der Waals surface area contributed by atoms with E-state index in [9.17, 15) is 9.59 Å². The number of amides is 2. The molecule has 1 heterocycles. The van der Waals surface area contributed by atoms with Gasteiger partial charge in [-0.2, -0.15) is 0 Å². The van der Waals surface area contributed by atoms with Crippen LogP contribution < -0.4 is 5.32 Å². The summed E-state index contributed by atoms with van der Waals surface area (Å²) in [5.74, 6) is 0.785. The Morgan fingerprint density at radius 3 is 2.56 bits per heavy atom. The lowest BCUT2D eigenvalue weighted by Gasteiger charge is -2.23. The summed E-state index contributed by atoms with van der Waals surface area (Å²) in [6, 6.07) is 0.0620. The molecule has 1 aliphatic carbocycles. The van der Waals surface area contributed by atoms with E-state index in [0.717, 1.165) is 18.8 Å². The largest absolute Gasteiger partial charge is 0.303 e. The Morgan fingerprint density at radius 1 is 1.33 bits per heavy atom. The van der Waals surface area contributed by atoms with E-state index in [1.165, 1.54) is 17.7 Å². The maximum Gasteiger partial charge on any atom is 0.247 e. The van der Waals surface area contributed by atoms with Crippen molar-refractivity contribution in [3.8, 4) is 0 Å². The van der Waals surface area contributed by atoms with Crippen molar-refractivity contribution in [1.82, 2.24) is 10.2 Å². The highest BCUT2D eigenvalue weighted by molar-refractivity contribution is 6.05. The van der Waals surface area contributed by atoms with Crippen LogP contribution in [0.3, 0.4) is 0 Å². The van der Waals surface area contributed by atoms with Crippen molar-refractivity contribution in [1.29, 1.82) is 0 Å². The summed E-state index contributed by atoms with van der Waals surface area (Å²) in [5, 5.41) is 3.33. The zero-order valence-corrected chi connectivity index (χ0v) is 11.6. The summed E-state index contributed by atoms with van der Waals surface area (Å²) in [7, 11) is 0. The van der Waals surface area contributed by atoms with E-state index in [1.54, 1.807) is 0 Å². The first-order chi connectivity index (χ1) is 8.52. The van der Waals surface area contributed by atoms with Gasteiger partial charge < -0.3 is 5.32 Å². The second-order valence-corrected chi connectivity index (χ2v) is 5.86. The van der Waals surface area contributed by atoms with Crippen LogP contribution in [-0.2, 0) is 9.59 Å². The summed E-state index contributed by atoms with van der Waals surface area (Å²) < 4.78 is 0. The molecule has 1 saturated carbocycles. The highest BCUT2D eigenvalue weighted by Crippen LogP contribution is 2.33. The first-order valence-electron chi connectivity index (χ1n) is 7.14. The van der Waals surface area contributed by atoms with Gasteiger partial charge in [0.25, 0.3) is 0 Å². The van der Waals surface area contributed by atoms with Gasteiger partial charge in [-0.15, -0.1) is 0 Å². The number of carbonyl (C=O) groups excluding carboxylic acids is 2. The van der Waals surface area contributed by atoms with Crippen LogP contribution in [0.15, 0.2) is 0 Å². The smallest absolute Gasteiger partial charge is 0.247 e. The van der Waals surface area contributed by atoms with Gasteiger partial charge >= 0.3 is 0 Å². The number of nitrogens with one attached hydrogen (secondary N) is 1. The summed E-state index contributed by atoms with van der Waals surface area (Å²) in [5.41, 5.74) is 0. The molecular weight excluding hydrogens is 228 g/mol. The number of carbonyl (C=O) groups is 2. The minimum atomic E-state index is -0.291. The fourth-order valence-corrected chi connectivity index (χ4v) is 2.69. The van der Waals surface area contributed by atoms with Crippen LogP contribution in [0, 0.1) is 5.92 Å². The molecule has 1 saturated heterocycles. The molecule has 1 aliphatic heterocycles. The third kappa shape index (κ3) is 2.91. The molecule has 1 N–H and O–H groups in total. The first-order valence-corrected chi connectivity index (χ1v) is 7.14. The Morgan fingerprint density at radius 2 is 2.00 bits per heavy atom. The van der Waals surface area contributed by atoms with Crippen LogP contribution in [0.5, 0.6) is 0 Å². The minimum Gasteiger partial charge on any atom is -0.303 e. The van der Waals surface area contributed by atoms with Gasteiger partial charge in [-0.05, 0) is 32.6 Å². The molecule has 2 fully saturated rings. The molecule has 102 valence electrons. The van der Waals surface area contributed by atoms with Crippen molar-refractivity contribution < 1.29 is 9.59 Å². The molecule has 2 amide bonds. The zero-order chi connectivity index (χ0) is 13.3. The molecule has 0 aromatic heterocycles. The fourth-order valence-electron chi connectivity index (χ4n) is 2.69. The Labute approximate surface area is 109 Å². The standard InChI is InChI=1S/C14H24N2O2/c1-4-10(3)16-13(17)8-12(14(16)18)15-9(2)7-11-5-6-11/h9-12,15H,4-8H2,1-3H3. The van der Waals surface area contributed by atoms with E-state index in [0.29, 0.717) is 12.5 Å². The molecule has 0 aromatic rings. The topological polar surface area (TPSA) is 49.4 Å². The molecule has 0 aromatic carbocycles. The Hall–Kier alpha value is -0.900. The van der Waals surface area contributed by atoms with Crippen molar-refractivity contribution in [3.05, 3.63) is 0 Å². The third-order valence-corrected chi connectivity index (χ3v) is 4.08. The van der Waals surface area contributed by atoms with Gasteiger partial charge in [-0.3, -0.25) is 14.5 Å². The van der Waals surface area contributed by atoms with E-state index >= 15 is 0 Å². The average molecular weight is 252 g/mol. The number of likely N-dealkylation sites (tertiary alicyclic amines) is 1. The lowest BCUT2D eigenvalue weighted by Crippen LogP contribution is -2.45. The normalized spacial score (nSPS) is 27.7. The minimum absolute atomic E-state index is 0.0227. The van der Waals surface area contributed by atoms with E-state index in [1.807, 2.05) is 13.8 Å². The van der Waals surface area contributed by atoms with Gasteiger partial charge in [0.1, 0.15) is 0 Å². The van der Waals surface area contributed by atoms with Crippen LogP contribution in [-0.4, -0.2) is 34.8 Å². The van der Waals surface area contributed by atoms with Crippen LogP contribution in [0.25, 0.3) is 0 Å². The average Bonchev–Trinajstić information content (AvgIpc) is 3.06. The van der Waals surface area contributed by atoms with Crippen molar-refractivity contribution in [2.24, 2.45) is 5.92 Å². The number of rotatable bonds is 6. The number of hydrogen-bond donors (Lipinski definition) is 1. The van der Waals surface area contributed by atoms with Crippen LogP contribution in [0.4, 0.5) is 0 Å². The maximum atomic E-state index is 12.2. The molecule has 4 nitrogen and oxygen atoms in total. The van der Waals surface area contributed by atoms with Gasteiger partial charge in [0.2, 0.25) is 11.8 Å². The second-order valence-electron chi connectivity index (χ2n) is 5.86. The molecule has 0 bridgehead atoms. The SMILES string of the molecule is CCC(C)N1C(=O)CC(NC(C)CC2CC2)C1=O. The van der Waals surface area contributed by atoms with E-state index in [2.05, 4.69) is 12.2 Å². The monoisotopic (exact) mass is 252 g/mol. The van der Waals surface area contributed by atoms with Gasteiger partial charge in [0.05, 0.1) is 12.5 Å². The number of nitrogens with zero attached hydrogens (tertiary/aromatic N) is 1. The Bertz CT molecular complexity index is 339. The van der Waals surface area contributed by atoms with E-state index < -0.39 is 0 Å². The van der Waals surface area contributed by atoms with E-state index in [-0.39, 0.29) is 23.9 Å². The quantitative estimate of drug-likeness (QED) is 0.732. The summed E-state index contributed by atoms with van der Waals surface area (Å²) in [6.07, 6.45) is 4.92. The summed E-state index contributed by atoms with van der Waals surface area (Å²) >= 11 is 0. The molecule has 18 heavy (non-hydrogen) atoms. The molecule has 3 unspecified atom stereocenters. The zero-order valence-electron chi connectivity index (χ0n) is 11.6. The van der Waals surface area contributed by atoms with Crippen molar-refractivity contribution in [2.75, 3.05) is 0 Å². The highest BCUT2D eigenvalue weighted by atomic mass is 16.2. The van der Waals surface area contributed by atoms with Crippen molar-refractivity contribution in [3.63, 3.8) is 0 Å². The van der Waals surface area contributed by atoms with E-state index in [4.69, 9.17) is 0 Å². The van der Waals surface area contributed by atoms with Crippen molar-refractivity contribution in [2.45, 2.75) is 71.0 Å². The summed E-state index contributed by atoms with van der Waals surface area (Å²) in [6.45, 7) is 6.05. The van der Waals surface area contributed by atoms with Crippen molar-refractivity contribution >= 4 is 11.8 Å². The number of imide groups is 1. The lowest BCUT2D eigenvalue weighted by atomic mass is 10.1. The number of hydrogen-bond acceptors (Lipinski definition) is 3. The molecule has 0 spiro atoms.